The molecule has 25 heavy (non-hydrogen) atoms. The Bertz CT molecular complexity index is 836. The smallest absolute Gasteiger partial charge is 0.259 e. The van der Waals surface area contributed by atoms with E-state index in [4.69, 9.17) is 4.74 Å². The molecule has 1 fully saturated rings. The molecule has 6 heteroatoms. The third-order valence-corrected chi connectivity index (χ3v) is 4.61. The number of aromatic nitrogens is 1. The molecule has 2 aromatic rings. The molecule has 1 amide bonds. The molecule has 0 radical (unpaired) electrons. The lowest BCUT2D eigenvalue weighted by Gasteiger charge is -2.37. The zero-order chi connectivity index (χ0) is 18.0. The van der Waals surface area contributed by atoms with Gasteiger partial charge in [0.05, 0.1) is 12.7 Å². The van der Waals surface area contributed by atoms with Gasteiger partial charge in [-0.3, -0.25) is 9.59 Å². The van der Waals surface area contributed by atoms with Gasteiger partial charge < -0.3 is 19.5 Å². The fourth-order valence-electron chi connectivity index (χ4n) is 3.17. The molecule has 0 aliphatic carbocycles. The molecule has 0 unspecified atom stereocenters. The number of hydrogen-bond donors (Lipinski definition) is 1. The Morgan fingerprint density at radius 1 is 1.12 bits per heavy atom. The molecule has 2 heterocycles. The Kier molecular flexibility index (Phi) is 4.79. The lowest BCUT2D eigenvalue weighted by Crippen LogP contribution is -2.49. The van der Waals surface area contributed by atoms with Crippen molar-refractivity contribution in [3.05, 3.63) is 57.5 Å². The average Bonchev–Trinajstić information content (AvgIpc) is 2.63. The molecular formula is C19H23N3O3. The molecule has 1 aliphatic rings. The predicted octanol–water partition coefficient (Wildman–Crippen LogP) is 1.96. The predicted molar refractivity (Wildman–Crippen MR) is 97.6 cm³/mol. The summed E-state index contributed by atoms with van der Waals surface area (Å²) in [4.78, 5) is 30.8. The van der Waals surface area contributed by atoms with E-state index in [1.165, 1.54) is 36.2 Å². The minimum Gasteiger partial charge on any atom is -0.496 e. The Morgan fingerprint density at radius 2 is 1.84 bits per heavy atom. The van der Waals surface area contributed by atoms with Gasteiger partial charge in [-0.2, -0.15) is 0 Å². The molecule has 1 saturated heterocycles. The molecule has 0 spiro atoms. The van der Waals surface area contributed by atoms with Crippen molar-refractivity contribution in [2.24, 2.45) is 0 Å². The van der Waals surface area contributed by atoms with E-state index < -0.39 is 0 Å². The molecule has 0 atom stereocenters. The first-order valence-electron chi connectivity index (χ1n) is 8.38. The van der Waals surface area contributed by atoms with Gasteiger partial charge in [-0.15, -0.1) is 0 Å². The van der Waals surface area contributed by atoms with Gasteiger partial charge in [0, 0.05) is 44.1 Å². The standard InChI is InChI=1S/C19H23N3O3/c1-13-4-5-14(2)16(10-13)21-6-8-22(9-7-21)19(24)15-12-20-18(23)11-17(15)25-3/h4-5,10-12H,6-9H2,1-3H3,(H,20,23). The fourth-order valence-corrected chi connectivity index (χ4v) is 3.17. The second-order valence-corrected chi connectivity index (χ2v) is 6.35. The van der Waals surface area contributed by atoms with Crippen LogP contribution in [0.25, 0.3) is 0 Å². The number of carbonyl (C=O) groups excluding carboxylic acids is 1. The van der Waals surface area contributed by atoms with Crippen molar-refractivity contribution in [2.75, 3.05) is 38.2 Å². The number of carbonyl (C=O) groups is 1. The van der Waals surface area contributed by atoms with Gasteiger partial charge in [0.25, 0.3) is 11.5 Å². The summed E-state index contributed by atoms with van der Waals surface area (Å²) < 4.78 is 5.18. The number of aromatic amines is 1. The van der Waals surface area contributed by atoms with Crippen molar-refractivity contribution >= 4 is 11.6 Å². The number of anilines is 1. The van der Waals surface area contributed by atoms with Crippen molar-refractivity contribution in [1.29, 1.82) is 0 Å². The van der Waals surface area contributed by atoms with Gasteiger partial charge in [-0.05, 0) is 31.0 Å². The van der Waals surface area contributed by atoms with Gasteiger partial charge >= 0.3 is 0 Å². The first-order valence-corrected chi connectivity index (χ1v) is 8.38. The van der Waals surface area contributed by atoms with Crippen LogP contribution in [0.2, 0.25) is 0 Å². The molecule has 0 saturated carbocycles. The van der Waals surface area contributed by atoms with Crippen LogP contribution in [0.3, 0.4) is 0 Å². The van der Waals surface area contributed by atoms with Crippen LogP contribution in [-0.4, -0.2) is 49.1 Å². The van der Waals surface area contributed by atoms with E-state index in [0.29, 0.717) is 24.4 Å². The lowest BCUT2D eigenvalue weighted by atomic mass is 10.1. The van der Waals surface area contributed by atoms with Crippen LogP contribution in [0.5, 0.6) is 5.75 Å². The van der Waals surface area contributed by atoms with Crippen LogP contribution in [0.15, 0.2) is 35.3 Å². The first-order chi connectivity index (χ1) is 12.0. The number of amides is 1. The van der Waals surface area contributed by atoms with Crippen molar-refractivity contribution in [2.45, 2.75) is 13.8 Å². The van der Waals surface area contributed by atoms with Gasteiger partial charge in [0.1, 0.15) is 5.75 Å². The Morgan fingerprint density at radius 3 is 2.52 bits per heavy atom. The van der Waals surface area contributed by atoms with Crippen molar-refractivity contribution < 1.29 is 9.53 Å². The summed E-state index contributed by atoms with van der Waals surface area (Å²) >= 11 is 0. The zero-order valence-electron chi connectivity index (χ0n) is 14.8. The van der Waals surface area contributed by atoms with E-state index >= 15 is 0 Å². The monoisotopic (exact) mass is 341 g/mol. The number of nitrogens with one attached hydrogen (secondary N) is 1. The average molecular weight is 341 g/mol. The number of methoxy groups -OCH3 is 1. The number of H-pyrrole nitrogens is 1. The van der Waals surface area contributed by atoms with E-state index in [0.717, 1.165) is 13.1 Å². The fraction of sp³-hybridized carbons (Fsp3) is 0.368. The highest BCUT2D eigenvalue weighted by atomic mass is 16.5. The minimum atomic E-state index is -0.284. The summed E-state index contributed by atoms with van der Waals surface area (Å²) in [6.45, 7) is 7.02. The Hall–Kier alpha value is -2.76. The highest BCUT2D eigenvalue weighted by molar-refractivity contribution is 5.96. The van der Waals surface area contributed by atoms with Crippen molar-refractivity contribution in [3.63, 3.8) is 0 Å². The molecule has 132 valence electrons. The van der Waals surface area contributed by atoms with Gasteiger partial charge in [0.15, 0.2) is 0 Å². The molecule has 1 N–H and O–H groups in total. The summed E-state index contributed by atoms with van der Waals surface area (Å²) in [7, 11) is 1.46. The van der Waals surface area contributed by atoms with Gasteiger partial charge in [-0.25, -0.2) is 0 Å². The SMILES string of the molecule is COc1cc(=O)[nH]cc1C(=O)N1CCN(c2cc(C)ccc2C)CC1. The summed E-state index contributed by atoms with van der Waals surface area (Å²) in [5.74, 6) is 0.194. The number of pyridine rings is 1. The summed E-state index contributed by atoms with van der Waals surface area (Å²) in [6, 6.07) is 7.74. The van der Waals surface area contributed by atoms with Crippen molar-refractivity contribution in [3.8, 4) is 5.75 Å². The molecule has 1 aromatic heterocycles. The van der Waals surface area contributed by atoms with E-state index in [1.807, 2.05) is 0 Å². The number of rotatable bonds is 3. The highest BCUT2D eigenvalue weighted by Gasteiger charge is 2.25. The lowest BCUT2D eigenvalue weighted by molar-refractivity contribution is 0.0743. The maximum absolute atomic E-state index is 12.8. The maximum Gasteiger partial charge on any atom is 0.259 e. The second-order valence-electron chi connectivity index (χ2n) is 6.35. The number of benzene rings is 1. The molecular weight excluding hydrogens is 318 g/mol. The van der Waals surface area contributed by atoms with Crippen LogP contribution in [-0.2, 0) is 0 Å². The van der Waals surface area contributed by atoms with Crippen molar-refractivity contribution in [1.82, 2.24) is 9.88 Å². The zero-order valence-corrected chi connectivity index (χ0v) is 14.8. The van der Waals surface area contributed by atoms with Crippen LogP contribution in [0, 0.1) is 13.8 Å². The molecule has 6 nitrogen and oxygen atoms in total. The molecule has 1 aromatic carbocycles. The quantitative estimate of drug-likeness (QED) is 0.927. The third kappa shape index (κ3) is 3.52. The summed E-state index contributed by atoms with van der Waals surface area (Å²) in [5.41, 5.74) is 3.81. The first kappa shape index (κ1) is 17.1. The number of aryl methyl sites for hydroxylation is 2. The Balaban J connectivity index is 1.73. The van der Waals surface area contributed by atoms with Gasteiger partial charge in [0.2, 0.25) is 0 Å². The molecule has 1 aliphatic heterocycles. The Labute approximate surface area is 147 Å². The second kappa shape index (κ2) is 7.01. The number of ether oxygens (including phenoxy) is 1. The highest BCUT2D eigenvalue weighted by Crippen LogP contribution is 2.24. The van der Waals surface area contributed by atoms with Crippen LogP contribution < -0.4 is 15.2 Å². The molecule has 3 rings (SSSR count). The van der Waals surface area contributed by atoms with Crippen LogP contribution >= 0.6 is 0 Å². The maximum atomic E-state index is 12.8. The van der Waals surface area contributed by atoms with Gasteiger partial charge in [-0.1, -0.05) is 12.1 Å². The summed E-state index contributed by atoms with van der Waals surface area (Å²) in [6.07, 6.45) is 1.43. The summed E-state index contributed by atoms with van der Waals surface area (Å²) in [5, 5.41) is 0. The van der Waals surface area contributed by atoms with E-state index in [2.05, 4.69) is 41.9 Å². The number of hydrogen-bond acceptors (Lipinski definition) is 4. The minimum absolute atomic E-state index is 0.117. The van der Waals surface area contributed by atoms with Crippen LogP contribution in [0.1, 0.15) is 21.5 Å². The van der Waals surface area contributed by atoms with Crippen LogP contribution in [0.4, 0.5) is 5.69 Å². The third-order valence-electron chi connectivity index (χ3n) is 4.61. The van der Waals surface area contributed by atoms with E-state index in [1.54, 1.807) is 4.90 Å². The van der Waals surface area contributed by atoms with E-state index in [9.17, 15) is 9.59 Å². The number of nitrogens with zero attached hydrogens (tertiary/aromatic N) is 2. The topological polar surface area (TPSA) is 65.6 Å². The molecule has 0 bridgehead atoms. The van der Waals surface area contributed by atoms with E-state index in [-0.39, 0.29) is 11.5 Å². The normalized spacial score (nSPS) is 14.5. The largest absolute Gasteiger partial charge is 0.496 e. The number of piperazine rings is 1.